The van der Waals surface area contributed by atoms with E-state index in [-0.39, 0.29) is 11.3 Å². The van der Waals surface area contributed by atoms with E-state index < -0.39 is 0 Å². The predicted octanol–water partition coefficient (Wildman–Crippen LogP) is 6.74. The van der Waals surface area contributed by atoms with Gasteiger partial charge in [0.05, 0.1) is 10.5 Å². The second-order valence-electron chi connectivity index (χ2n) is 9.05. The van der Waals surface area contributed by atoms with Crippen molar-refractivity contribution in [3.05, 3.63) is 87.9 Å². The molecule has 7 heteroatoms. The van der Waals surface area contributed by atoms with Crippen LogP contribution in [0.5, 0.6) is 0 Å². The molecule has 0 radical (unpaired) electrons. The summed E-state index contributed by atoms with van der Waals surface area (Å²) in [5, 5.41) is 8.27. The summed E-state index contributed by atoms with van der Waals surface area (Å²) in [5.41, 5.74) is 3.32. The Labute approximate surface area is 209 Å². The molecule has 0 saturated carbocycles. The molecular weight excluding hydrogens is 467 g/mol. The average molecular weight is 493 g/mol. The van der Waals surface area contributed by atoms with Crippen LogP contribution in [0.15, 0.2) is 66.7 Å². The van der Waals surface area contributed by atoms with Crippen LogP contribution >= 0.6 is 23.2 Å². The lowest BCUT2D eigenvalue weighted by atomic mass is 9.87. The zero-order valence-corrected chi connectivity index (χ0v) is 20.8. The van der Waals surface area contributed by atoms with Crippen LogP contribution in [0.25, 0.3) is 22.3 Å². The van der Waals surface area contributed by atoms with E-state index >= 15 is 0 Å². The monoisotopic (exact) mass is 492 g/mol. The molecule has 0 saturated heterocycles. The summed E-state index contributed by atoms with van der Waals surface area (Å²) in [5.74, 6) is 1.05. The van der Waals surface area contributed by atoms with Crippen LogP contribution in [0, 0.1) is 0 Å². The first-order valence-electron chi connectivity index (χ1n) is 11.1. The summed E-state index contributed by atoms with van der Waals surface area (Å²) in [6.45, 7) is 7.37. The standard InChI is InChI=1S/C27H26Cl2N4O/c1-27(2,3)18-10-8-17(9-11-18)26(34)31-15-14-30-24-21-13-12-19(28)16-23(21)32-25(33-24)20-6-4-5-7-22(20)29/h4-13,16H,14-15H2,1-3H3,(H,31,34)(H,30,32,33). The van der Waals surface area contributed by atoms with Crippen LogP contribution in [0.3, 0.4) is 0 Å². The minimum Gasteiger partial charge on any atom is -0.368 e. The molecule has 174 valence electrons. The second-order valence-corrected chi connectivity index (χ2v) is 9.89. The summed E-state index contributed by atoms with van der Waals surface area (Å²) in [7, 11) is 0. The quantitative estimate of drug-likeness (QED) is 0.292. The van der Waals surface area contributed by atoms with Crippen molar-refractivity contribution >= 4 is 45.8 Å². The molecule has 1 heterocycles. The third-order valence-corrected chi connectivity index (χ3v) is 6.05. The molecule has 1 aromatic heterocycles. The summed E-state index contributed by atoms with van der Waals surface area (Å²) in [6, 6.07) is 20.6. The zero-order chi connectivity index (χ0) is 24.3. The number of fused-ring (bicyclic) bond motifs is 1. The van der Waals surface area contributed by atoms with Gasteiger partial charge >= 0.3 is 0 Å². The number of carbonyl (C=O) groups is 1. The van der Waals surface area contributed by atoms with Gasteiger partial charge in [0.1, 0.15) is 5.82 Å². The molecule has 0 aliphatic heterocycles. The number of hydrogen-bond acceptors (Lipinski definition) is 4. The number of halogens is 2. The van der Waals surface area contributed by atoms with Crippen molar-refractivity contribution < 1.29 is 4.79 Å². The highest BCUT2D eigenvalue weighted by molar-refractivity contribution is 6.33. The third kappa shape index (κ3) is 5.49. The Morgan fingerprint density at radius 2 is 1.65 bits per heavy atom. The number of aromatic nitrogens is 2. The van der Waals surface area contributed by atoms with Crippen LogP contribution in [0.4, 0.5) is 5.82 Å². The molecule has 1 amide bonds. The fourth-order valence-corrected chi connectivity index (χ4v) is 3.97. The maximum atomic E-state index is 12.5. The lowest BCUT2D eigenvalue weighted by molar-refractivity contribution is 0.0955. The van der Waals surface area contributed by atoms with E-state index in [0.717, 1.165) is 10.9 Å². The smallest absolute Gasteiger partial charge is 0.251 e. The molecule has 0 bridgehead atoms. The number of nitrogens with zero attached hydrogens (tertiary/aromatic N) is 2. The number of hydrogen-bond donors (Lipinski definition) is 2. The van der Waals surface area contributed by atoms with Crippen molar-refractivity contribution in [1.82, 2.24) is 15.3 Å². The van der Waals surface area contributed by atoms with Gasteiger partial charge in [-0.2, -0.15) is 0 Å². The first-order chi connectivity index (χ1) is 16.2. The van der Waals surface area contributed by atoms with Crippen LogP contribution in [0.1, 0.15) is 36.7 Å². The lowest BCUT2D eigenvalue weighted by Crippen LogP contribution is -2.29. The summed E-state index contributed by atoms with van der Waals surface area (Å²) in [6.07, 6.45) is 0. The van der Waals surface area contributed by atoms with Crippen molar-refractivity contribution in [2.24, 2.45) is 0 Å². The van der Waals surface area contributed by atoms with Crippen LogP contribution in [-0.4, -0.2) is 29.0 Å². The number of rotatable bonds is 6. The van der Waals surface area contributed by atoms with E-state index in [1.54, 1.807) is 18.2 Å². The number of carbonyl (C=O) groups excluding carboxylic acids is 1. The molecule has 0 fully saturated rings. The third-order valence-electron chi connectivity index (χ3n) is 5.49. The maximum Gasteiger partial charge on any atom is 0.251 e. The normalized spacial score (nSPS) is 11.4. The maximum absolute atomic E-state index is 12.5. The first-order valence-corrected chi connectivity index (χ1v) is 11.8. The minimum atomic E-state index is -0.113. The van der Waals surface area contributed by atoms with Crippen LogP contribution < -0.4 is 10.6 Å². The fourth-order valence-electron chi connectivity index (χ4n) is 3.58. The lowest BCUT2D eigenvalue weighted by Gasteiger charge is -2.19. The summed E-state index contributed by atoms with van der Waals surface area (Å²) >= 11 is 12.6. The predicted molar refractivity (Wildman–Crippen MR) is 141 cm³/mol. The van der Waals surface area contributed by atoms with Crippen LogP contribution in [0.2, 0.25) is 10.0 Å². The van der Waals surface area contributed by atoms with Gasteiger partial charge in [-0.1, -0.05) is 68.2 Å². The molecule has 0 atom stereocenters. The fraction of sp³-hybridized carbons (Fsp3) is 0.222. The zero-order valence-electron chi connectivity index (χ0n) is 19.3. The number of amides is 1. The van der Waals surface area contributed by atoms with Gasteiger partial charge in [0.2, 0.25) is 0 Å². The van der Waals surface area contributed by atoms with Gasteiger partial charge < -0.3 is 10.6 Å². The summed E-state index contributed by atoms with van der Waals surface area (Å²) in [4.78, 5) is 21.9. The highest BCUT2D eigenvalue weighted by Gasteiger charge is 2.15. The van der Waals surface area contributed by atoms with Gasteiger partial charge in [0.15, 0.2) is 5.82 Å². The summed E-state index contributed by atoms with van der Waals surface area (Å²) < 4.78 is 0. The van der Waals surface area contributed by atoms with Crippen molar-refractivity contribution in [3.8, 4) is 11.4 Å². The molecule has 3 aromatic carbocycles. The molecule has 0 unspecified atom stereocenters. The van der Waals surface area contributed by atoms with Gasteiger partial charge in [-0.15, -0.1) is 0 Å². The Balaban J connectivity index is 1.48. The Morgan fingerprint density at radius 1 is 0.912 bits per heavy atom. The Hall–Kier alpha value is -3.15. The molecule has 0 spiro atoms. The highest BCUT2D eigenvalue weighted by atomic mass is 35.5. The molecular formula is C27H26Cl2N4O. The van der Waals surface area contributed by atoms with Gasteiger partial charge in [-0.05, 0) is 53.4 Å². The average Bonchev–Trinajstić information content (AvgIpc) is 2.81. The van der Waals surface area contributed by atoms with Crippen molar-refractivity contribution in [1.29, 1.82) is 0 Å². The molecule has 2 N–H and O–H groups in total. The first kappa shape index (κ1) is 24.0. The largest absolute Gasteiger partial charge is 0.368 e. The van der Waals surface area contributed by atoms with Gasteiger partial charge in [0, 0.05) is 34.6 Å². The second kappa shape index (κ2) is 10.00. The van der Waals surface area contributed by atoms with Gasteiger partial charge in [-0.25, -0.2) is 9.97 Å². The van der Waals surface area contributed by atoms with E-state index in [2.05, 4.69) is 36.4 Å². The molecule has 4 aromatic rings. The van der Waals surface area contributed by atoms with E-state index in [4.69, 9.17) is 28.2 Å². The van der Waals surface area contributed by atoms with Gasteiger partial charge in [0.25, 0.3) is 5.91 Å². The number of nitrogens with one attached hydrogen (secondary N) is 2. The Kier molecular flexibility index (Phi) is 7.05. The molecule has 4 rings (SSSR count). The topological polar surface area (TPSA) is 66.9 Å². The molecule has 34 heavy (non-hydrogen) atoms. The van der Waals surface area contributed by atoms with Gasteiger partial charge in [-0.3, -0.25) is 4.79 Å². The van der Waals surface area contributed by atoms with Crippen molar-refractivity contribution in [2.75, 3.05) is 18.4 Å². The highest BCUT2D eigenvalue weighted by Crippen LogP contribution is 2.30. The van der Waals surface area contributed by atoms with E-state index in [1.165, 1.54) is 5.56 Å². The SMILES string of the molecule is CC(C)(C)c1ccc(C(=O)NCCNc2nc(-c3ccccc3Cl)nc3cc(Cl)ccc23)cc1. The van der Waals surface area contributed by atoms with E-state index in [0.29, 0.717) is 45.9 Å². The van der Waals surface area contributed by atoms with Crippen LogP contribution in [-0.2, 0) is 5.41 Å². The molecule has 0 aliphatic carbocycles. The number of benzene rings is 3. The van der Waals surface area contributed by atoms with Crippen molar-refractivity contribution in [3.63, 3.8) is 0 Å². The Morgan fingerprint density at radius 3 is 2.35 bits per heavy atom. The van der Waals surface area contributed by atoms with Crippen molar-refractivity contribution in [2.45, 2.75) is 26.2 Å². The Bertz CT molecular complexity index is 1330. The molecule has 5 nitrogen and oxygen atoms in total. The molecule has 0 aliphatic rings. The van der Waals surface area contributed by atoms with E-state index in [9.17, 15) is 4.79 Å². The van der Waals surface area contributed by atoms with E-state index in [1.807, 2.05) is 48.5 Å². The minimum absolute atomic E-state index is 0.0479. The number of anilines is 1.